The Bertz CT molecular complexity index is 815. The Morgan fingerprint density at radius 1 is 1.25 bits per heavy atom. The Morgan fingerprint density at radius 2 is 2.12 bits per heavy atom. The molecule has 0 radical (unpaired) electrons. The smallest absolute Gasteiger partial charge is 0.191 e. The minimum Gasteiger partial charge on any atom is -0.356 e. The van der Waals surface area contributed by atoms with Crippen molar-refractivity contribution in [1.82, 2.24) is 25.0 Å². The maximum Gasteiger partial charge on any atom is 0.191 e. The molecule has 0 fully saturated rings. The molecule has 0 bridgehead atoms. The molecule has 0 amide bonds. The Balaban J connectivity index is 1.50. The summed E-state index contributed by atoms with van der Waals surface area (Å²) >= 11 is 1.72. The van der Waals surface area contributed by atoms with E-state index < -0.39 is 0 Å². The summed E-state index contributed by atoms with van der Waals surface area (Å²) < 4.78 is 2.04. The molecule has 0 spiro atoms. The Kier molecular flexibility index (Phi) is 5.10. The fourth-order valence-electron chi connectivity index (χ4n) is 2.54. The predicted molar refractivity (Wildman–Crippen MR) is 98.7 cm³/mol. The van der Waals surface area contributed by atoms with Crippen LogP contribution >= 0.6 is 11.3 Å². The minimum absolute atomic E-state index is 0.741. The van der Waals surface area contributed by atoms with Crippen LogP contribution in [0.5, 0.6) is 0 Å². The molecule has 0 atom stereocenters. The molecule has 3 aromatic rings. The van der Waals surface area contributed by atoms with Crippen LogP contribution in [0.3, 0.4) is 0 Å². The number of hydrogen-bond acceptors (Lipinski definition) is 4. The second kappa shape index (κ2) is 7.44. The van der Waals surface area contributed by atoms with Gasteiger partial charge in [-0.2, -0.15) is 0 Å². The summed E-state index contributed by atoms with van der Waals surface area (Å²) in [6.45, 7) is 5.60. The molecule has 0 saturated heterocycles. The van der Waals surface area contributed by atoms with Gasteiger partial charge in [-0.15, -0.1) is 11.3 Å². The highest BCUT2D eigenvalue weighted by Gasteiger charge is 2.06. The minimum atomic E-state index is 0.741. The molecular weight excluding hydrogens is 320 g/mol. The first-order valence-corrected chi connectivity index (χ1v) is 8.77. The number of pyridine rings is 1. The van der Waals surface area contributed by atoms with Crippen molar-refractivity contribution in [3.63, 3.8) is 0 Å². The van der Waals surface area contributed by atoms with Crippen LogP contribution in [0.15, 0.2) is 35.6 Å². The number of fused-ring (bicyclic) bond motifs is 1. The van der Waals surface area contributed by atoms with Crippen LogP contribution in [-0.2, 0) is 13.0 Å². The first kappa shape index (κ1) is 16.4. The number of aromatic nitrogens is 3. The van der Waals surface area contributed by atoms with Crippen LogP contribution in [0.1, 0.15) is 21.3 Å². The van der Waals surface area contributed by atoms with Gasteiger partial charge >= 0.3 is 0 Å². The van der Waals surface area contributed by atoms with Crippen LogP contribution in [0, 0.1) is 13.8 Å². The molecule has 7 heteroatoms. The molecule has 3 rings (SSSR count). The van der Waals surface area contributed by atoms with Crippen molar-refractivity contribution in [2.24, 2.45) is 4.99 Å². The van der Waals surface area contributed by atoms with Crippen LogP contribution in [0.4, 0.5) is 0 Å². The van der Waals surface area contributed by atoms with E-state index in [-0.39, 0.29) is 0 Å². The molecule has 126 valence electrons. The average molecular weight is 342 g/mol. The lowest BCUT2D eigenvalue weighted by molar-refractivity contribution is 0.789. The molecule has 0 aliphatic rings. The second-order valence-corrected chi connectivity index (χ2v) is 6.83. The van der Waals surface area contributed by atoms with E-state index in [4.69, 9.17) is 0 Å². The number of nitrogens with one attached hydrogen (secondary N) is 2. The van der Waals surface area contributed by atoms with Crippen molar-refractivity contribution < 1.29 is 0 Å². The number of aryl methyl sites for hydroxylation is 2. The molecule has 6 nitrogen and oxygen atoms in total. The molecule has 0 aromatic carbocycles. The number of imidazole rings is 1. The average Bonchev–Trinajstić information content (AvgIpc) is 3.12. The van der Waals surface area contributed by atoms with Crippen LogP contribution < -0.4 is 10.6 Å². The van der Waals surface area contributed by atoms with Crippen LogP contribution in [-0.4, -0.2) is 33.9 Å². The third-order valence-electron chi connectivity index (χ3n) is 3.73. The van der Waals surface area contributed by atoms with E-state index in [1.165, 1.54) is 4.88 Å². The quantitative estimate of drug-likeness (QED) is 0.552. The van der Waals surface area contributed by atoms with Crippen molar-refractivity contribution >= 4 is 22.9 Å². The zero-order chi connectivity index (χ0) is 16.9. The molecule has 24 heavy (non-hydrogen) atoms. The Labute approximate surface area is 145 Å². The van der Waals surface area contributed by atoms with Gasteiger partial charge < -0.3 is 15.0 Å². The molecule has 0 aliphatic carbocycles. The third kappa shape index (κ3) is 3.91. The van der Waals surface area contributed by atoms with Crippen LogP contribution in [0.25, 0.3) is 5.65 Å². The van der Waals surface area contributed by atoms with Gasteiger partial charge in [0.15, 0.2) is 5.96 Å². The normalized spacial score (nSPS) is 11.9. The summed E-state index contributed by atoms with van der Waals surface area (Å²) in [6.07, 6.45) is 4.93. The lowest BCUT2D eigenvalue weighted by Crippen LogP contribution is -2.37. The number of guanidine groups is 1. The summed E-state index contributed by atoms with van der Waals surface area (Å²) in [6, 6.07) is 6.02. The fraction of sp³-hybridized carbons (Fsp3) is 0.353. The summed E-state index contributed by atoms with van der Waals surface area (Å²) in [7, 11) is 1.78. The van der Waals surface area contributed by atoms with E-state index in [1.807, 2.05) is 42.6 Å². The van der Waals surface area contributed by atoms with Crippen molar-refractivity contribution in [1.29, 1.82) is 0 Å². The van der Waals surface area contributed by atoms with Gasteiger partial charge in [0.2, 0.25) is 0 Å². The summed E-state index contributed by atoms with van der Waals surface area (Å²) in [5.41, 5.74) is 3.13. The Morgan fingerprint density at radius 3 is 2.83 bits per heavy atom. The summed E-state index contributed by atoms with van der Waals surface area (Å²) in [4.78, 5) is 14.6. The van der Waals surface area contributed by atoms with E-state index in [9.17, 15) is 0 Å². The summed E-state index contributed by atoms with van der Waals surface area (Å²) in [5, 5.41) is 7.77. The van der Waals surface area contributed by atoms with E-state index >= 15 is 0 Å². The SMILES string of the molecule is CN=C(NCCc1cn2ccccc2n1)NCc1sc(C)nc1C. The highest BCUT2D eigenvalue weighted by molar-refractivity contribution is 7.11. The number of nitrogens with zero attached hydrogens (tertiary/aromatic N) is 4. The topological polar surface area (TPSA) is 66.6 Å². The zero-order valence-corrected chi connectivity index (χ0v) is 15.0. The van der Waals surface area contributed by atoms with E-state index in [2.05, 4.69) is 31.8 Å². The first-order chi connectivity index (χ1) is 11.7. The molecule has 0 unspecified atom stereocenters. The number of thiazole rings is 1. The maximum absolute atomic E-state index is 4.60. The standard InChI is InChI=1S/C17H22N6S/c1-12-15(24-13(2)21-12)10-20-17(18-3)19-8-7-14-11-23-9-5-4-6-16(23)22-14/h4-6,9,11H,7-8,10H2,1-3H3,(H2,18,19,20). The highest BCUT2D eigenvalue weighted by atomic mass is 32.1. The van der Waals surface area contributed by atoms with Gasteiger partial charge in [-0.1, -0.05) is 6.07 Å². The fourth-order valence-corrected chi connectivity index (χ4v) is 3.42. The molecule has 2 N–H and O–H groups in total. The molecule has 3 heterocycles. The van der Waals surface area contributed by atoms with Crippen molar-refractivity contribution in [2.45, 2.75) is 26.8 Å². The molecule has 0 saturated carbocycles. The van der Waals surface area contributed by atoms with Crippen LogP contribution in [0.2, 0.25) is 0 Å². The van der Waals surface area contributed by atoms with Gasteiger partial charge in [0.25, 0.3) is 0 Å². The maximum atomic E-state index is 4.60. The number of rotatable bonds is 5. The lowest BCUT2D eigenvalue weighted by Gasteiger charge is -2.10. The van der Waals surface area contributed by atoms with Crippen molar-refractivity contribution in [3.05, 3.63) is 51.9 Å². The molecule has 3 aromatic heterocycles. The van der Waals surface area contributed by atoms with Gasteiger partial charge in [-0.05, 0) is 26.0 Å². The number of hydrogen-bond donors (Lipinski definition) is 2. The largest absolute Gasteiger partial charge is 0.356 e. The first-order valence-electron chi connectivity index (χ1n) is 7.96. The predicted octanol–water partition coefficient (Wildman–Crippen LogP) is 2.32. The zero-order valence-electron chi connectivity index (χ0n) is 14.2. The summed E-state index contributed by atoms with van der Waals surface area (Å²) in [5.74, 6) is 0.796. The Hall–Kier alpha value is -2.41. The van der Waals surface area contributed by atoms with Gasteiger partial charge in [-0.3, -0.25) is 4.99 Å². The van der Waals surface area contributed by atoms with Gasteiger partial charge in [0, 0.05) is 37.3 Å². The molecule has 0 aliphatic heterocycles. The van der Waals surface area contributed by atoms with Gasteiger partial charge in [0.05, 0.1) is 22.9 Å². The number of aliphatic imine (C=N–C) groups is 1. The van der Waals surface area contributed by atoms with Crippen molar-refractivity contribution in [3.8, 4) is 0 Å². The lowest BCUT2D eigenvalue weighted by atomic mass is 10.3. The van der Waals surface area contributed by atoms with E-state index in [0.717, 1.165) is 47.5 Å². The van der Waals surface area contributed by atoms with E-state index in [1.54, 1.807) is 18.4 Å². The van der Waals surface area contributed by atoms with Gasteiger partial charge in [0.1, 0.15) is 5.65 Å². The second-order valence-electron chi connectivity index (χ2n) is 5.54. The van der Waals surface area contributed by atoms with Gasteiger partial charge in [-0.25, -0.2) is 9.97 Å². The monoisotopic (exact) mass is 342 g/mol. The van der Waals surface area contributed by atoms with Crippen molar-refractivity contribution in [2.75, 3.05) is 13.6 Å². The molecular formula is C17H22N6S. The van der Waals surface area contributed by atoms with E-state index in [0.29, 0.717) is 0 Å². The third-order valence-corrected chi connectivity index (χ3v) is 4.80. The highest BCUT2D eigenvalue weighted by Crippen LogP contribution is 2.16.